The Balaban J connectivity index is 0.000000858. The molecule has 0 unspecified atom stereocenters. The maximum Gasteiger partial charge on any atom is 0.494 e. The summed E-state index contributed by atoms with van der Waals surface area (Å²) in [5.74, 6) is 0.748. The topological polar surface area (TPSA) is 56.3 Å². The molecule has 2 aromatic rings. The Hall–Kier alpha value is -1.92. The highest BCUT2D eigenvalue weighted by atomic mass is 16.7. The SMILES string of the molecule is C=CC.CCc1cc(B2OC(C)(C)C(C)(C)O2)cc2cnc(NC3CCCCC3)nc12. The number of anilines is 1. The van der Waals surface area contributed by atoms with E-state index >= 15 is 0 Å². The van der Waals surface area contributed by atoms with Crippen LogP contribution in [0.4, 0.5) is 5.95 Å². The lowest BCUT2D eigenvalue weighted by Gasteiger charge is -2.32. The fraction of sp³-hybridized carbons (Fsp3) is 0.600. The zero-order valence-corrected chi connectivity index (χ0v) is 20.1. The summed E-state index contributed by atoms with van der Waals surface area (Å²) in [6, 6.07) is 4.79. The molecule has 2 fully saturated rings. The Bertz CT molecular complexity index is 891. The molecule has 2 aliphatic rings. The van der Waals surface area contributed by atoms with E-state index in [0.29, 0.717) is 6.04 Å². The molecule has 0 bridgehead atoms. The van der Waals surface area contributed by atoms with Crippen LogP contribution in [0, 0.1) is 0 Å². The van der Waals surface area contributed by atoms with Crippen LogP contribution in [0.15, 0.2) is 31.0 Å². The van der Waals surface area contributed by atoms with E-state index in [0.717, 1.165) is 28.7 Å². The molecule has 1 saturated carbocycles. The lowest BCUT2D eigenvalue weighted by Crippen LogP contribution is -2.41. The van der Waals surface area contributed by atoms with E-state index in [1.54, 1.807) is 6.08 Å². The quantitative estimate of drug-likeness (QED) is 0.525. The van der Waals surface area contributed by atoms with Gasteiger partial charge in [0.15, 0.2) is 0 Å². The Morgan fingerprint density at radius 2 is 1.74 bits per heavy atom. The van der Waals surface area contributed by atoms with Gasteiger partial charge in [-0.3, -0.25) is 0 Å². The van der Waals surface area contributed by atoms with E-state index in [2.05, 4.69) is 63.6 Å². The standard InChI is InChI=1S/C22H32BN3O2.C3H6/c1-6-15-12-17(23-27-21(2,3)22(4,5)28-23)13-16-14-24-20(26-19(15)16)25-18-10-8-7-9-11-18;1-3-2/h12-14,18H,6-11H2,1-5H3,(H,24,25,26);3H,1H2,2H3. The number of allylic oxidation sites excluding steroid dienone is 1. The number of hydrogen-bond donors (Lipinski definition) is 1. The Kier molecular flexibility index (Phi) is 7.43. The molecule has 1 aromatic carbocycles. The molecule has 5 nitrogen and oxygen atoms in total. The van der Waals surface area contributed by atoms with Crippen molar-refractivity contribution in [2.24, 2.45) is 0 Å². The van der Waals surface area contributed by atoms with E-state index in [9.17, 15) is 0 Å². The molecule has 0 atom stereocenters. The maximum absolute atomic E-state index is 6.25. The number of nitrogens with zero attached hydrogens (tertiary/aromatic N) is 2. The fourth-order valence-corrected chi connectivity index (χ4v) is 4.13. The second kappa shape index (κ2) is 9.70. The van der Waals surface area contributed by atoms with Crippen molar-refractivity contribution in [2.75, 3.05) is 5.32 Å². The first-order valence-corrected chi connectivity index (χ1v) is 11.7. The highest BCUT2D eigenvalue weighted by molar-refractivity contribution is 6.62. The predicted octanol–water partition coefficient (Wildman–Crippen LogP) is 5.43. The molecule has 0 amide bonds. The summed E-state index contributed by atoms with van der Waals surface area (Å²) in [6.07, 6.45) is 10.9. The summed E-state index contributed by atoms with van der Waals surface area (Å²) < 4.78 is 12.5. The molecule has 1 aromatic heterocycles. The van der Waals surface area contributed by atoms with Gasteiger partial charge in [-0.05, 0) is 64.9 Å². The minimum Gasteiger partial charge on any atom is -0.399 e. The van der Waals surface area contributed by atoms with Crippen molar-refractivity contribution in [1.82, 2.24) is 9.97 Å². The molecule has 0 radical (unpaired) electrons. The molecule has 31 heavy (non-hydrogen) atoms. The van der Waals surface area contributed by atoms with Crippen LogP contribution < -0.4 is 10.8 Å². The summed E-state index contributed by atoms with van der Waals surface area (Å²) in [6.45, 7) is 15.8. The van der Waals surface area contributed by atoms with Gasteiger partial charge in [-0.2, -0.15) is 0 Å². The summed E-state index contributed by atoms with van der Waals surface area (Å²) in [4.78, 5) is 9.46. The van der Waals surface area contributed by atoms with E-state index in [1.165, 1.54) is 37.7 Å². The molecule has 1 saturated heterocycles. The van der Waals surface area contributed by atoms with Crippen LogP contribution >= 0.6 is 0 Å². The van der Waals surface area contributed by atoms with E-state index in [-0.39, 0.29) is 18.3 Å². The molecule has 1 aliphatic heterocycles. The van der Waals surface area contributed by atoms with Crippen LogP contribution in [0.1, 0.15) is 79.2 Å². The van der Waals surface area contributed by atoms with Crippen LogP contribution in [0.2, 0.25) is 0 Å². The molecule has 1 aliphatic carbocycles. The van der Waals surface area contributed by atoms with Crippen LogP contribution in [-0.2, 0) is 15.7 Å². The smallest absolute Gasteiger partial charge is 0.399 e. The van der Waals surface area contributed by atoms with Gasteiger partial charge in [0.05, 0.1) is 16.7 Å². The van der Waals surface area contributed by atoms with Gasteiger partial charge in [0.1, 0.15) is 0 Å². The van der Waals surface area contributed by atoms with Gasteiger partial charge >= 0.3 is 7.12 Å². The van der Waals surface area contributed by atoms with Gasteiger partial charge < -0.3 is 14.6 Å². The van der Waals surface area contributed by atoms with Gasteiger partial charge in [0, 0.05) is 17.6 Å². The van der Waals surface area contributed by atoms with Crippen LogP contribution in [-0.4, -0.2) is 34.3 Å². The Labute approximate surface area is 188 Å². The minimum atomic E-state index is -0.361. The van der Waals surface area contributed by atoms with Crippen molar-refractivity contribution in [1.29, 1.82) is 0 Å². The fourth-order valence-electron chi connectivity index (χ4n) is 4.13. The third-order valence-electron chi connectivity index (χ3n) is 6.63. The second-order valence-corrected chi connectivity index (χ2v) is 9.64. The highest BCUT2D eigenvalue weighted by Gasteiger charge is 2.51. The van der Waals surface area contributed by atoms with Crippen molar-refractivity contribution >= 4 is 29.4 Å². The molecule has 6 heteroatoms. The average Bonchev–Trinajstić information content (AvgIpc) is 2.95. The Morgan fingerprint density at radius 1 is 1.13 bits per heavy atom. The van der Waals surface area contributed by atoms with Crippen LogP contribution in [0.25, 0.3) is 10.9 Å². The molecular weight excluding hydrogens is 385 g/mol. The number of hydrogen-bond acceptors (Lipinski definition) is 5. The number of fused-ring (bicyclic) bond motifs is 1. The highest BCUT2D eigenvalue weighted by Crippen LogP contribution is 2.36. The number of nitrogens with one attached hydrogen (secondary N) is 1. The largest absolute Gasteiger partial charge is 0.494 e. The number of aryl methyl sites for hydroxylation is 1. The van der Waals surface area contributed by atoms with Gasteiger partial charge in [-0.25, -0.2) is 9.97 Å². The average molecular weight is 423 g/mol. The van der Waals surface area contributed by atoms with E-state index in [1.807, 2.05) is 13.1 Å². The minimum absolute atomic E-state index is 0.344. The van der Waals surface area contributed by atoms with Gasteiger partial charge in [0.25, 0.3) is 0 Å². The lowest BCUT2D eigenvalue weighted by molar-refractivity contribution is 0.00578. The van der Waals surface area contributed by atoms with Crippen molar-refractivity contribution < 1.29 is 9.31 Å². The molecule has 0 spiro atoms. The van der Waals surface area contributed by atoms with E-state index in [4.69, 9.17) is 14.3 Å². The third-order valence-corrected chi connectivity index (χ3v) is 6.63. The summed E-state index contributed by atoms with van der Waals surface area (Å²) in [5.41, 5.74) is 2.58. The summed E-state index contributed by atoms with van der Waals surface area (Å²) >= 11 is 0. The molecule has 168 valence electrons. The third kappa shape index (κ3) is 5.29. The van der Waals surface area contributed by atoms with Crippen molar-refractivity contribution in [3.05, 3.63) is 36.5 Å². The first kappa shape index (κ1) is 23.7. The first-order chi connectivity index (χ1) is 14.7. The van der Waals surface area contributed by atoms with Crippen LogP contribution in [0.5, 0.6) is 0 Å². The van der Waals surface area contributed by atoms with Gasteiger partial charge in [-0.15, -0.1) is 6.58 Å². The number of aromatic nitrogens is 2. The molecule has 4 rings (SSSR count). The molecule has 2 heterocycles. The monoisotopic (exact) mass is 423 g/mol. The van der Waals surface area contributed by atoms with Crippen molar-refractivity contribution in [2.45, 2.75) is 97.3 Å². The first-order valence-electron chi connectivity index (χ1n) is 11.7. The van der Waals surface area contributed by atoms with E-state index < -0.39 is 0 Å². The number of rotatable bonds is 4. The second-order valence-electron chi connectivity index (χ2n) is 9.64. The van der Waals surface area contributed by atoms with Gasteiger partial charge in [-0.1, -0.05) is 44.4 Å². The zero-order chi connectivity index (χ0) is 22.6. The summed E-state index contributed by atoms with van der Waals surface area (Å²) in [5, 5.41) is 4.58. The molecular formula is C25H38BN3O2. The van der Waals surface area contributed by atoms with Crippen LogP contribution in [0.3, 0.4) is 0 Å². The summed E-state index contributed by atoms with van der Waals surface area (Å²) in [7, 11) is -0.361. The van der Waals surface area contributed by atoms with Gasteiger partial charge in [0.2, 0.25) is 5.95 Å². The normalized spacial score (nSPS) is 20.3. The predicted molar refractivity (Wildman–Crippen MR) is 131 cm³/mol. The number of benzene rings is 1. The maximum atomic E-state index is 6.25. The lowest BCUT2D eigenvalue weighted by atomic mass is 9.77. The Morgan fingerprint density at radius 3 is 2.32 bits per heavy atom. The van der Waals surface area contributed by atoms with Crippen molar-refractivity contribution in [3.63, 3.8) is 0 Å². The molecule has 1 N–H and O–H groups in total. The zero-order valence-electron chi connectivity index (χ0n) is 20.1. The van der Waals surface area contributed by atoms with Crippen molar-refractivity contribution in [3.8, 4) is 0 Å².